The van der Waals surface area contributed by atoms with Gasteiger partial charge in [-0.2, -0.15) is 5.01 Å². The number of nitrogens with zero attached hydrogens (tertiary/aromatic N) is 8. The normalized spacial score (nSPS) is 12.9. The number of carbonyl (C=O) groups excluding carboxylic acids is 2. The van der Waals surface area contributed by atoms with Crippen molar-refractivity contribution in [3.63, 3.8) is 0 Å². The fraction of sp³-hybridized carbons (Fsp3) is 0.125. The van der Waals surface area contributed by atoms with Crippen molar-refractivity contribution in [1.82, 2.24) is 40.0 Å². The molecule has 0 fully saturated rings. The summed E-state index contributed by atoms with van der Waals surface area (Å²) in [5, 5.41) is 20.1. The minimum atomic E-state index is -0.740. The molecule has 0 radical (unpaired) electrons. The molecule has 0 unspecified atom stereocenters. The summed E-state index contributed by atoms with van der Waals surface area (Å²) < 4.78 is 58.8. The lowest BCUT2D eigenvalue weighted by Gasteiger charge is -2.35. The number of hydrogen-bond acceptors (Lipinski definition) is 7. The van der Waals surface area contributed by atoms with Gasteiger partial charge in [-0.15, -0.1) is 10.2 Å². The predicted molar refractivity (Wildman–Crippen MR) is 162 cm³/mol. The second-order valence-electron chi connectivity index (χ2n) is 10.9. The first-order valence-electron chi connectivity index (χ1n) is 14.2. The van der Waals surface area contributed by atoms with Crippen LogP contribution in [-0.2, 0) is 26.2 Å². The number of aromatic nitrogens is 6. The highest BCUT2D eigenvalue weighted by atomic mass is 79.9. The summed E-state index contributed by atoms with van der Waals surface area (Å²) in [7, 11) is 0. The molecule has 6 aromatic rings. The third-order valence-electron chi connectivity index (χ3n) is 7.67. The van der Waals surface area contributed by atoms with Crippen LogP contribution in [0.25, 0.3) is 10.8 Å². The summed E-state index contributed by atoms with van der Waals surface area (Å²) in [4.78, 5) is 28.0. The molecule has 10 nitrogen and oxygen atoms in total. The van der Waals surface area contributed by atoms with Crippen LogP contribution < -0.4 is 0 Å². The second kappa shape index (κ2) is 12.1. The molecule has 0 N–H and O–H groups in total. The topological polar surface area (TPSA) is 102 Å². The SMILES string of the molecule is O=C1c2cccc3c(Br)ccc(c23)C(=O)N1N(Cc1cn(Cc2ccc(F)cc2F)nn1)Cc1cn(Cc2ccc(F)cc2F)nn1. The number of amides is 2. The van der Waals surface area contributed by atoms with Gasteiger partial charge in [0.15, 0.2) is 0 Å². The molecule has 0 aliphatic carbocycles. The minimum absolute atomic E-state index is 0.0424. The maximum Gasteiger partial charge on any atom is 0.276 e. The molecule has 1 aliphatic rings. The van der Waals surface area contributed by atoms with Crippen LogP contribution in [-0.4, -0.2) is 51.8 Å². The van der Waals surface area contributed by atoms with Gasteiger partial charge >= 0.3 is 0 Å². The summed E-state index contributed by atoms with van der Waals surface area (Å²) in [6, 6.07) is 15.0. The summed E-state index contributed by atoms with van der Waals surface area (Å²) in [5.41, 5.74) is 1.66. The van der Waals surface area contributed by atoms with Gasteiger partial charge < -0.3 is 0 Å². The van der Waals surface area contributed by atoms with Crippen LogP contribution in [0.2, 0.25) is 0 Å². The van der Waals surface area contributed by atoms with Gasteiger partial charge in [-0.3, -0.25) is 9.59 Å². The van der Waals surface area contributed by atoms with Crippen molar-refractivity contribution in [1.29, 1.82) is 0 Å². The zero-order valence-corrected chi connectivity index (χ0v) is 25.7. The van der Waals surface area contributed by atoms with Crippen molar-refractivity contribution < 1.29 is 27.2 Å². The number of carbonyl (C=O) groups is 2. The maximum absolute atomic E-state index is 14.3. The smallest absolute Gasteiger partial charge is 0.267 e. The fourth-order valence-corrected chi connectivity index (χ4v) is 5.96. The molecular formula is C32H21BrF4N8O2. The Balaban J connectivity index is 1.21. The number of rotatable bonds is 9. The summed E-state index contributed by atoms with van der Waals surface area (Å²) in [5.74, 6) is -4.05. The molecule has 0 spiro atoms. The van der Waals surface area contributed by atoms with Crippen LogP contribution in [0.3, 0.4) is 0 Å². The van der Waals surface area contributed by atoms with E-state index in [2.05, 4.69) is 36.6 Å². The van der Waals surface area contributed by atoms with E-state index >= 15 is 0 Å². The average Bonchev–Trinajstić information content (AvgIpc) is 3.68. The van der Waals surface area contributed by atoms with E-state index in [1.54, 1.807) is 24.3 Å². The van der Waals surface area contributed by atoms with E-state index < -0.39 is 35.1 Å². The molecule has 2 aromatic heterocycles. The average molecular weight is 705 g/mol. The molecule has 4 aromatic carbocycles. The van der Waals surface area contributed by atoms with E-state index in [1.165, 1.54) is 38.9 Å². The zero-order chi connectivity index (χ0) is 32.8. The lowest BCUT2D eigenvalue weighted by molar-refractivity contribution is -0.0130. The van der Waals surface area contributed by atoms with Gasteiger partial charge in [0.1, 0.15) is 23.3 Å². The van der Waals surface area contributed by atoms with Gasteiger partial charge in [0, 0.05) is 33.1 Å². The monoisotopic (exact) mass is 704 g/mol. The van der Waals surface area contributed by atoms with E-state index in [0.29, 0.717) is 33.3 Å². The minimum Gasteiger partial charge on any atom is -0.267 e. The first-order chi connectivity index (χ1) is 22.6. The number of imide groups is 1. The molecule has 47 heavy (non-hydrogen) atoms. The molecule has 0 saturated heterocycles. The Labute approximate surface area is 271 Å². The van der Waals surface area contributed by atoms with Gasteiger partial charge in [0.25, 0.3) is 11.8 Å². The summed E-state index contributed by atoms with van der Waals surface area (Å²) >= 11 is 3.49. The highest BCUT2D eigenvalue weighted by molar-refractivity contribution is 9.10. The van der Waals surface area contributed by atoms with Crippen LogP contribution in [0.15, 0.2) is 83.6 Å². The molecule has 2 amide bonds. The van der Waals surface area contributed by atoms with Crippen molar-refractivity contribution in [3.8, 4) is 0 Å². The molecular weight excluding hydrogens is 684 g/mol. The van der Waals surface area contributed by atoms with Crippen LogP contribution in [0.1, 0.15) is 43.2 Å². The van der Waals surface area contributed by atoms with Crippen LogP contribution in [0.5, 0.6) is 0 Å². The lowest BCUT2D eigenvalue weighted by atomic mass is 9.95. The van der Waals surface area contributed by atoms with E-state index in [0.717, 1.165) is 33.7 Å². The third-order valence-corrected chi connectivity index (χ3v) is 8.36. The van der Waals surface area contributed by atoms with Crippen LogP contribution in [0, 0.1) is 23.3 Å². The Morgan fingerprint density at radius 1 is 0.681 bits per heavy atom. The molecule has 236 valence electrons. The Morgan fingerprint density at radius 3 is 1.74 bits per heavy atom. The fourth-order valence-electron chi connectivity index (χ4n) is 5.50. The predicted octanol–water partition coefficient (Wildman–Crippen LogP) is 5.65. The van der Waals surface area contributed by atoms with Gasteiger partial charge in [0.05, 0.1) is 61.1 Å². The molecule has 0 bridgehead atoms. The van der Waals surface area contributed by atoms with Gasteiger partial charge in [-0.1, -0.05) is 50.6 Å². The maximum atomic E-state index is 14.3. The number of hydrogen-bond donors (Lipinski definition) is 0. The zero-order valence-electron chi connectivity index (χ0n) is 24.1. The van der Waals surface area contributed by atoms with E-state index in [1.807, 2.05) is 6.07 Å². The van der Waals surface area contributed by atoms with Crippen LogP contribution >= 0.6 is 15.9 Å². The molecule has 0 atom stereocenters. The van der Waals surface area contributed by atoms with E-state index in [9.17, 15) is 27.2 Å². The molecule has 7 rings (SSSR count). The van der Waals surface area contributed by atoms with Crippen molar-refractivity contribution in [2.24, 2.45) is 0 Å². The Kier molecular flexibility index (Phi) is 7.85. The molecule has 15 heteroatoms. The molecule has 3 heterocycles. The quantitative estimate of drug-likeness (QED) is 0.142. The number of benzene rings is 4. The van der Waals surface area contributed by atoms with Gasteiger partial charge in [-0.05, 0) is 35.7 Å². The summed E-state index contributed by atoms with van der Waals surface area (Å²) in [6.45, 7) is -0.298. The standard InChI is InChI=1S/C32H21BrF4N8O2/c33-27-9-8-26-30-24(27)2-1-3-25(30)31(46)45(32(26)47)44(16-22-14-42(40-38-22)12-18-4-6-20(34)10-28(18)36)17-23-15-43(41-39-23)13-19-5-7-21(35)11-29(19)37/h1-11,14-15H,12-13,16-17H2. The second-order valence-corrected chi connectivity index (χ2v) is 11.7. The first-order valence-corrected chi connectivity index (χ1v) is 14.9. The Bertz CT molecular complexity index is 2090. The van der Waals surface area contributed by atoms with E-state index in [-0.39, 0.29) is 37.3 Å². The number of hydrazine groups is 1. The number of halogens is 5. The van der Waals surface area contributed by atoms with E-state index in [4.69, 9.17) is 0 Å². The summed E-state index contributed by atoms with van der Waals surface area (Å²) in [6.07, 6.45) is 3.04. The van der Waals surface area contributed by atoms with Crippen molar-refractivity contribution in [2.75, 3.05) is 0 Å². The highest BCUT2D eigenvalue weighted by Gasteiger charge is 2.38. The van der Waals surface area contributed by atoms with Crippen molar-refractivity contribution in [3.05, 3.63) is 141 Å². The Hall–Kier alpha value is -5.28. The lowest BCUT2D eigenvalue weighted by Crippen LogP contribution is -2.51. The van der Waals surface area contributed by atoms with Gasteiger partial charge in [0.2, 0.25) is 0 Å². The van der Waals surface area contributed by atoms with Gasteiger partial charge in [-0.25, -0.2) is 31.9 Å². The first kappa shape index (κ1) is 30.4. The Morgan fingerprint density at radius 2 is 1.21 bits per heavy atom. The van der Waals surface area contributed by atoms with Crippen molar-refractivity contribution in [2.45, 2.75) is 26.2 Å². The van der Waals surface area contributed by atoms with Crippen LogP contribution in [0.4, 0.5) is 17.6 Å². The molecule has 1 aliphatic heterocycles. The molecule has 0 saturated carbocycles. The highest BCUT2D eigenvalue weighted by Crippen LogP contribution is 2.35. The van der Waals surface area contributed by atoms with Crippen molar-refractivity contribution >= 4 is 38.5 Å². The largest absolute Gasteiger partial charge is 0.276 e. The third kappa shape index (κ3) is 5.90.